The van der Waals surface area contributed by atoms with E-state index in [1.807, 2.05) is 42.5 Å². The number of pyridine rings is 1. The van der Waals surface area contributed by atoms with Gasteiger partial charge in [0.1, 0.15) is 17.2 Å². The first-order valence-corrected chi connectivity index (χ1v) is 14.5. The summed E-state index contributed by atoms with van der Waals surface area (Å²) in [4.78, 5) is 10.0. The van der Waals surface area contributed by atoms with E-state index in [1.54, 1.807) is 12.1 Å². The van der Waals surface area contributed by atoms with Crippen molar-refractivity contribution in [2.75, 3.05) is 0 Å². The molecular formula is C37H32FN3O. The molecule has 0 aliphatic rings. The van der Waals surface area contributed by atoms with E-state index >= 15 is 0 Å². The van der Waals surface area contributed by atoms with Gasteiger partial charge in [0.2, 0.25) is 5.71 Å². The Morgan fingerprint density at radius 1 is 0.738 bits per heavy atom. The first kappa shape index (κ1) is 26.1. The second-order valence-electron chi connectivity index (χ2n) is 11.6. The molecule has 4 aromatic carbocycles. The number of hydrogen-bond acceptors (Lipinski definition) is 3. The molecule has 208 valence electrons. The van der Waals surface area contributed by atoms with Gasteiger partial charge >= 0.3 is 0 Å². The fourth-order valence-corrected chi connectivity index (χ4v) is 6.12. The summed E-state index contributed by atoms with van der Waals surface area (Å²) in [5.41, 5.74) is 9.32. The van der Waals surface area contributed by atoms with Gasteiger partial charge in [-0.1, -0.05) is 82.3 Å². The molecule has 0 N–H and O–H groups in total. The maximum absolute atomic E-state index is 14.8. The van der Waals surface area contributed by atoms with Crippen LogP contribution in [0.1, 0.15) is 56.2 Å². The number of fused-ring (bicyclic) bond motifs is 4. The molecule has 0 spiro atoms. The summed E-state index contributed by atoms with van der Waals surface area (Å²) in [6, 6.07) is 32.1. The van der Waals surface area contributed by atoms with E-state index in [1.165, 1.54) is 0 Å². The summed E-state index contributed by atoms with van der Waals surface area (Å²) in [7, 11) is 0. The maximum Gasteiger partial charge on any atom is 0.227 e. The number of nitrogens with zero attached hydrogens (tertiary/aromatic N) is 3. The summed E-state index contributed by atoms with van der Waals surface area (Å²) >= 11 is 0. The van der Waals surface area contributed by atoms with Crippen LogP contribution in [0.5, 0.6) is 0 Å². The van der Waals surface area contributed by atoms with E-state index in [9.17, 15) is 4.39 Å². The van der Waals surface area contributed by atoms with Gasteiger partial charge in [0, 0.05) is 16.3 Å². The number of aromatic nitrogens is 3. The zero-order valence-electron chi connectivity index (χ0n) is 24.2. The Morgan fingerprint density at radius 3 is 2.19 bits per heavy atom. The number of halogens is 1. The molecule has 0 radical (unpaired) electrons. The van der Waals surface area contributed by atoms with Gasteiger partial charge in [0.15, 0.2) is 0 Å². The molecule has 7 aromatic rings. The Hall–Kier alpha value is -4.77. The fraction of sp³-hybridized carbons (Fsp3) is 0.189. The van der Waals surface area contributed by atoms with E-state index in [4.69, 9.17) is 14.4 Å². The molecule has 5 heteroatoms. The number of benzene rings is 4. The SMILES string of the molecule is CC(C)c1cc(F)cc(C(C)C)c1Cn1c(-c2cccc3c2oc2nc(-c4ccccc4)ccc23)nc2ccccc21. The van der Waals surface area contributed by atoms with Crippen LogP contribution in [0, 0.1) is 5.82 Å². The van der Waals surface area contributed by atoms with Crippen molar-refractivity contribution in [3.05, 3.63) is 120 Å². The van der Waals surface area contributed by atoms with E-state index in [2.05, 4.69) is 74.7 Å². The summed E-state index contributed by atoms with van der Waals surface area (Å²) in [6.45, 7) is 9.08. The fourth-order valence-electron chi connectivity index (χ4n) is 6.12. The van der Waals surface area contributed by atoms with Gasteiger partial charge < -0.3 is 8.98 Å². The average Bonchev–Trinajstić information content (AvgIpc) is 3.56. The van der Waals surface area contributed by atoms with E-state index in [-0.39, 0.29) is 17.7 Å². The number of imidazole rings is 1. The van der Waals surface area contributed by atoms with Gasteiger partial charge in [0.25, 0.3) is 0 Å². The number of furan rings is 1. The van der Waals surface area contributed by atoms with Gasteiger partial charge in [0.05, 0.1) is 28.8 Å². The average molecular weight is 554 g/mol. The standard InChI is InChI=1S/C37H32FN3O/c1-22(2)29-19-25(38)20-30(23(3)4)31(29)21-41-34-16-9-8-15-33(34)39-36(41)28-14-10-13-26-27-17-18-32(24-11-6-5-7-12-24)40-37(27)42-35(26)28/h5-20,22-23H,21H2,1-4H3. The zero-order valence-corrected chi connectivity index (χ0v) is 24.2. The van der Waals surface area contributed by atoms with Crippen molar-refractivity contribution >= 4 is 33.1 Å². The van der Waals surface area contributed by atoms with Crippen molar-refractivity contribution in [2.45, 2.75) is 46.1 Å². The first-order chi connectivity index (χ1) is 20.4. The zero-order chi connectivity index (χ0) is 29.0. The molecule has 0 aliphatic carbocycles. The van der Waals surface area contributed by atoms with E-state index in [0.717, 1.165) is 66.7 Å². The van der Waals surface area contributed by atoms with Crippen LogP contribution in [-0.2, 0) is 6.54 Å². The third kappa shape index (κ3) is 4.37. The molecule has 0 saturated carbocycles. The van der Waals surface area contributed by atoms with Crippen LogP contribution < -0.4 is 0 Å². The lowest BCUT2D eigenvalue weighted by atomic mass is 9.88. The highest BCUT2D eigenvalue weighted by atomic mass is 19.1. The Labute approximate surface area is 244 Å². The molecule has 4 nitrogen and oxygen atoms in total. The molecular weight excluding hydrogens is 521 g/mol. The molecule has 0 aliphatic heterocycles. The summed E-state index contributed by atoms with van der Waals surface area (Å²) in [6.07, 6.45) is 0. The van der Waals surface area contributed by atoms with Gasteiger partial charge in [-0.3, -0.25) is 0 Å². The van der Waals surface area contributed by atoms with Gasteiger partial charge in [-0.2, -0.15) is 0 Å². The summed E-state index contributed by atoms with van der Waals surface area (Å²) in [5, 5.41) is 1.97. The highest BCUT2D eigenvalue weighted by Crippen LogP contribution is 2.38. The molecule has 0 amide bonds. The minimum Gasteiger partial charge on any atom is -0.437 e. The molecule has 0 saturated heterocycles. The molecule has 0 fully saturated rings. The highest BCUT2D eigenvalue weighted by molar-refractivity contribution is 6.08. The van der Waals surface area contributed by atoms with Crippen molar-refractivity contribution < 1.29 is 8.81 Å². The van der Waals surface area contributed by atoms with Crippen molar-refractivity contribution in [1.82, 2.24) is 14.5 Å². The Balaban J connectivity index is 1.45. The molecule has 7 rings (SSSR count). The van der Waals surface area contributed by atoms with Crippen LogP contribution in [0.4, 0.5) is 4.39 Å². The van der Waals surface area contributed by atoms with Crippen molar-refractivity contribution in [3.63, 3.8) is 0 Å². The normalized spacial score (nSPS) is 12.0. The largest absolute Gasteiger partial charge is 0.437 e. The molecule has 3 aromatic heterocycles. The highest BCUT2D eigenvalue weighted by Gasteiger charge is 2.22. The smallest absolute Gasteiger partial charge is 0.227 e. The Morgan fingerprint density at radius 2 is 1.45 bits per heavy atom. The van der Waals surface area contributed by atoms with Gasteiger partial charge in [-0.15, -0.1) is 0 Å². The third-order valence-electron chi connectivity index (χ3n) is 8.17. The predicted molar refractivity (Wildman–Crippen MR) is 169 cm³/mol. The number of rotatable bonds is 6. The Bertz CT molecular complexity index is 2060. The lowest BCUT2D eigenvalue weighted by Gasteiger charge is -2.22. The number of para-hydroxylation sites is 3. The van der Waals surface area contributed by atoms with E-state index in [0.29, 0.717) is 12.3 Å². The van der Waals surface area contributed by atoms with Crippen LogP contribution >= 0.6 is 0 Å². The first-order valence-electron chi connectivity index (χ1n) is 14.5. The second kappa shape index (κ2) is 10.3. The lowest BCUT2D eigenvalue weighted by molar-refractivity contribution is 0.613. The van der Waals surface area contributed by atoms with Crippen LogP contribution in [-0.4, -0.2) is 14.5 Å². The van der Waals surface area contributed by atoms with Crippen LogP contribution in [0.15, 0.2) is 101 Å². The van der Waals surface area contributed by atoms with Crippen molar-refractivity contribution in [3.8, 4) is 22.6 Å². The molecule has 3 heterocycles. The van der Waals surface area contributed by atoms with Gasteiger partial charge in [-0.25, -0.2) is 14.4 Å². The molecule has 0 atom stereocenters. The van der Waals surface area contributed by atoms with Crippen molar-refractivity contribution in [1.29, 1.82) is 0 Å². The third-order valence-corrected chi connectivity index (χ3v) is 8.17. The predicted octanol–water partition coefficient (Wildman–Crippen LogP) is 10.1. The molecule has 42 heavy (non-hydrogen) atoms. The quantitative estimate of drug-likeness (QED) is 0.206. The topological polar surface area (TPSA) is 43.9 Å². The minimum absolute atomic E-state index is 0.176. The molecule has 0 unspecified atom stereocenters. The lowest BCUT2D eigenvalue weighted by Crippen LogP contribution is -2.11. The van der Waals surface area contributed by atoms with Crippen LogP contribution in [0.25, 0.3) is 55.7 Å². The van der Waals surface area contributed by atoms with E-state index < -0.39 is 0 Å². The maximum atomic E-state index is 14.8. The van der Waals surface area contributed by atoms with Crippen LogP contribution in [0.3, 0.4) is 0 Å². The van der Waals surface area contributed by atoms with Gasteiger partial charge in [-0.05, 0) is 71.0 Å². The van der Waals surface area contributed by atoms with Crippen LogP contribution in [0.2, 0.25) is 0 Å². The Kier molecular flexibility index (Phi) is 6.38. The molecule has 0 bridgehead atoms. The monoisotopic (exact) mass is 553 g/mol. The number of hydrogen-bond donors (Lipinski definition) is 0. The summed E-state index contributed by atoms with van der Waals surface area (Å²) < 4.78 is 23.6. The minimum atomic E-state index is -0.184. The van der Waals surface area contributed by atoms with Crippen molar-refractivity contribution in [2.24, 2.45) is 0 Å². The second-order valence-corrected chi connectivity index (χ2v) is 11.6. The summed E-state index contributed by atoms with van der Waals surface area (Å²) in [5.74, 6) is 0.986.